The molecule has 2 aliphatic rings. The third-order valence-corrected chi connectivity index (χ3v) is 7.92. The molecule has 2 fully saturated rings. The van der Waals surface area contributed by atoms with Crippen LogP contribution in [-0.4, -0.2) is 52.2 Å². The van der Waals surface area contributed by atoms with Gasteiger partial charge < -0.3 is 25.3 Å². The number of methoxy groups -OCH3 is 1. The molecule has 1 saturated carbocycles. The number of nitrogens with two attached hydrogens (primary N) is 1. The number of rotatable bonds is 10. The van der Waals surface area contributed by atoms with E-state index in [9.17, 15) is 5.26 Å². The highest BCUT2D eigenvalue weighted by Gasteiger charge is 2.23. The van der Waals surface area contributed by atoms with Crippen molar-refractivity contribution < 1.29 is 18.6 Å². The smallest absolute Gasteiger partial charge is 0.174 e. The predicted octanol–water partition coefficient (Wildman–Crippen LogP) is 7.47. The quantitative estimate of drug-likeness (QED) is 0.232. The predicted molar refractivity (Wildman–Crippen MR) is 172 cm³/mol. The van der Waals surface area contributed by atoms with Crippen molar-refractivity contribution in [1.82, 2.24) is 5.32 Å². The van der Waals surface area contributed by atoms with Crippen molar-refractivity contribution in [3.63, 3.8) is 0 Å². The van der Waals surface area contributed by atoms with E-state index in [1.165, 1.54) is 51.3 Å². The number of ether oxygens (including phenoxy) is 3. The van der Waals surface area contributed by atoms with Gasteiger partial charge in [-0.25, -0.2) is 4.39 Å². The first kappa shape index (κ1) is 34.5. The van der Waals surface area contributed by atoms with Gasteiger partial charge >= 0.3 is 0 Å². The second-order valence-electron chi connectivity index (χ2n) is 10.4. The highest BCUT2D eigenvalue weighted by molar-refractivity contribution is 6.33. The summed E-state index contributed by atoms with van der Waals surface area (Å²) in [4.78, 5) is 0. The molecule has 0 spiro atoms. The summed E-state index contributed by atoms with van der Waals surface area (Å²) in [5.74, 6) is -0.675. The molecule has 1 aliphatic heterocycles. The van der Waals surface area contributed by atoms with Crippen molar-refractivity contribution in [2.24, 2.45) is 5.73 Å². The van der Waals surface area contributed by atoms with Crippen LogP contribution in [0.2, 0.25) is 5.02 Å². The molecule has 0 amide bonds. The lowest BCUT2D eigenvalue weighted by Crippen LogP contribution is -2.50. The number of nitrogens with zero attached hydrogens (tertiary/aromatic N) is 1. The van der Waals surface area contributed by atoms with E-state index in [1.807, 2.05) is 56.3 Å². The minimum Gasteiger partial charge on any atom is -0.488 e. The summed E-state index contributed by atoms with van der Waals surface area (Å²) >= 11 is 6.44. The number of nitriles is 1. The van der Waals surface area contributed by atoms with Crippen molar-refractivity contribution >= 4 is 11.6 Å². The number of hydrogen-bond donors (Lipinski definition) is 2. The van der Waals surface area contributed by atoms with Crippen LogP contribution >= 0.6 is 11.6 Å². The Morgan fingerprint density at radius 2 is 1.72 bits per heavy atom. The first-order valence-electron chi connectivity index (χ1n) is 15.3. The highest BCUT2D eigenvalue weighted by Crippen LogP contribution is 2.38. The molecule has 3 aromatic carbocycles. The van der Waals surface area contributed by atoms with Crippen LogP contribution in [0.5, 0.6) is 5.75 Å². The van der Waals surface area contributed by atoms with Crippen molar-refractivity contribution in [2.75, 3.05) is 40.1 Å². The second-order valence-corrected chi connectivity index (χ2v) is 10.8. The number of hydrogen-bond acceptors (Lipinski definition) is 6. The lowest BCUT2D eigenvalue weighted by Gasteiger charge is -2.33. The molecule has 0 bridgehead atoms. The molecule has 1 saturated heterocycles. The molecule has 0 aromatic heterocycles. The van der Waals surface area contributed by atoms with Gasteiger partial charge in [0.05, 0.1) is 37.5 Å². The van der Waals surface area contributed by atoms with Crippen molar-refractivity contribution in [3.05, 3.63) is 88.2 Å². The Kier molecular flexibility index (Phi) is 14.9. The topological polar surface area (TPSA) is 89.5 Å². The van der Waals surface area contributed by atoms with Crippen LogP contribution in [0.15, 0.2) is 60.7 Å². The van der Waals surface area contributed by atoms with Crippen LogP contribution < -0.4 is 15.8 Å². The molecule has 1 aliphatic carbocycles. The Labute approximate surface area is 261 Å². The summed E-state index contributed by atoms with van der Waals surface area (Å²) in [6.45, 7) is 6.77. The minimum absolute atomic E-state index is 0.0425. The Morgan fingerprint density at radius 1 is 1.00 bits per heavy atom. The maximum atomic E-state index is 15.4. The molecule has 8 heteroatoms. The molecule has 1 atom stereocenters. The van der Waals surface area contributed by atoms with Crippen LogP contribution in [0, 0.1) is 17.1 Å². The molecule has 232 valence electrons. The second kappa shape index (κ2) is 18.6. The summed E-state index contributed by atoms with van der Waals surface area (Å²) in [6, 6.07) is 21.7. The Balaban J connectivity index is 0.000000322. The summed E-state index contributed by atoms with van der Waals surface area (Å²) in [5.41, 5.74) is 8.70. The van der Waals surface area contributed by atoms with Gasteiger partial charge in [0.1, 0.15) is 6.61 Å². The zero-order valence-corrected chi connectivity index (χ0v) is 26.3. The third-order valence-electron chi connectivity index (χ3n) is 7.59. The molecule has 1 unspecified atom stereocenters. The largest absolute Gasteiger partial charge is 0.488 e. The Hall–Kier alpha value is -2.99. The van der Waals surface area contributed by atoms with Gasteiger partial charge in [-0.2, -0.15) is 5.26 Å². The van der Waals surface area contributed by atoms with E-state index < -0.39 is 5.82 Å². The van der Waals surface area contributed by atoms with Crippen molar-refractivity contribution in [2.45, 2.75) is 64.0 Å². The SMILES string of the molecule is C1CCC(NC2COC2)CC1.CC.COCCOc1ccc(C#N)c(-c2cc(C(CN)c3ccccc3)ccc2Cl)c1F. The molecular formula is C35H45ClFN3O3. The molecule has 0 radical (unpaired) electrons. The fourth-order valence-electron chi connectivity index (χ4n) is 5.30. The molecule has 6 nitrogen and oxygen atoms in total. The van der Waals surface area contributed by atoms with Crippen LogP contribution in [0.3, 0.4) is 0 Å². The minimum atomic E-state index is -0.631. The van der Waals surface area contributed by atoms with Crippen molar-refractivity contribution in [3.8, 4) is 22.9 Å². The first-order valence-corrected chi connectivity index (χ1v) is 15.7. The lowest BCUT2D eigenvalue weighted by atomic mass is 9.88. The highest BCUT2D eigenvalue weighted by atomic mass is 35.5. The average molecular weight is 610 g/mol. The number of benzene rings is 3. The van der Waals surface area contributed by atoms with E-state index in [0.717, 1.165) is 30.4 Å². The number of halogens is 2. The average Bonchev–Trinajstić information content (AvgIpc) is 3.03. The van der Waals surface area contributed by atoms with E-state index in [2.05, 4.69) is 5.32 Å². The van der Waals surface area contributed by atoms with Gasteiger partial charge in [-0.1, -0.05) is 81.1 Å². The van der Waals surface area contributed by atoms with Crippen LogP contribution in [0.4, 0.5) is 4.39 Å². The van der Waals surface area contributed by atoms with Gasteiger partial charge in [-0.05, 0) is 48.2 Å². The molecular weight excluding hydrogens is 565 g/mol. The zero-order valence-electron chi connectivity index (χ0n) is 25.6. The van der Waals surface area contributed by atoms with Gasteiger partial charge in [0.25, 0.3) is 0 Å². The summed E-state index contributed by atoms with van der Waals surface area (Å²) in [5, 5.41) is 13.5. The molecule has 5 rings (SSSR count). The van der Waals surface area contributed by atoms with Gasteiger partial charge in [0.15, 0.2) is 11.6 Å². The van der Waals surface area contributed by atoms with Crippen LogP contribution in [0.1, 0.15) is 68.6 Å². The van der Waals surface area contributed by atoms with Gasteiger partial charge in [-0.15, -0.1) is 0 Å². The Morgan fingerprint density at radius 3 is 2.33 bits per heavy atom. The van der Waals surface area contributed by atoms with E-state index in [1.54, 1.807) is 12.1 Å². The van der Waals surface area contributed by atoms with Gasteiger partial charge in [0.2, 0.25) is 0 Å². The molecule has 3 aromatic rings. The molecule has 43 heavy (non-hydrogen) atoms. The standard InChI is InChI=1S/C24H22ClFN2O2.C9H17NO.C2H6/c1-29-11-12-30-22-10-8-18(14-27)23(24(22)26)19-13-17(7-9-21(19)25)20(15-28)16-5-3-2-4-6-16;1-2-4-8(5-3-1)10-9-6-11-7-9;1-2/h2-10,13,20H,11-12,15,28H2,1H3;8-10H,1-7H2;1-2H3. The number of nitrogens with one attached hydrogen (secondary N) is 1. The van der Waals surface area contributed by atoms with E-state index in [4.69, 9.17) is 31.5 Å². The monoisotopic (exact) mass is 609 g/mol. The maximum absolute atomic E-state index is 15.4. The fourth-order valence-corrected chi connectivity index (χ4v) is 5.51. The fraction of sp³-hybridized carbons (Fsp3) is 0.457. The maximum Gasteiger partial charge on any atom is 0.174 e. The van der Waals surface area contributed by atoms with E-state index >= 15 is 4.39 Å². The van der Waals surface area contributed by atoms with E-state index in [-0.39, 0.29) is 29.4 Å². The summed E-state index contributed by atoms with van der Waals surface area (Å²) in [6.07, 6.45) is 7.06. The molecule has 1 heterocycles. The van der Waals surface area contributed by atoms with Gasteiger partial charge in [0, 0.05) is 41.8 Å². The van der Waals surface area contributed by atoms with Crippen LogP contribution in [-0.2, 0) is 9.47 Å². The van der Waals surface area contributed by atoms with Gasteiger partial charge in [-0.3, -0.25) is 0 Å². The summed E-state index contributed by atoms with van der Waals surface area (Å²) < 4.78 is 30.9. The van der Waals surface area contributed by atoms with E-state index in [0.29, 0.717) is 29.8 Å². The molecule has 3 N–H and O–H groups in total. The summed E-state index contributed by atoms with van der Waals surface area (Å²) in [7, 11) is 1.54. The zero-order chi connectivity index (χ0) is 31.0. The normalized spacial score (nSPS) is 15.6. The Bertz CT molecular complexity index is 1290. The third kappa shape index (κ3) is 9.76. The first-order chi connectivity index (χ1) is 21.0. The van der Waals surface area contributed by atoms with Crippen LogP contribution in [0.25, 0.3) is 11.1 Å². The van der Waals surface area contributed by atoms with Crippen molar-refractivity contribution in [1.29, 1.82) is 5.26 Å². The lowest BCUT2D eigenvalue weighted by molar-refractivity contribution is -0.0118.